The van der Waals surface area contributed by atoms with Gasteiger partial charge < -0.3 is 24.3 Å². The van der Waals surface area contributed by atoms with Gasteiger partial charge in [-0.15, -0.1) is 6.42 Å². The van der Waals surface area contributed by atoms with Crippen LogP contribution < -0.4 is 14.8 Å². The average Bonchev–Trinajstić information content (AvgIpc) is 3.30. The minimum atomic E-state index is -0.446. The van der Waals surface area contributed by atoms with Gasteiger partial charge in [-0.1, -0.05) is 5.92 Å². The molecule has 182 valence electrons. The number of ether oxygens (including phenoxy) is 4. The van der Waals surface area contributed by atoms with Crippen molar-refractivity contribution >= 4 is 22.4 Å². The number of rotatable bonds is 8. The molecule has 9 heteroatoms. The monoisotopic (exact) mass is 478 g/mol. The first-order valence-corrected chi connectivity index (χ1v) is 11.6. The fourth-order valence-electron chi connectivity index (χ4n) is 4.48. The van der Waals surface area contributed by atoms with E-state index in [9.17, 15) is 4.39 Å². The van der Waals surface area contributed by atoms with Crippen LogP contribution in [-0.2, 0) is 9.47 Å². The number of terminal acetylenes is 1. The SMILES string of the molecule is C#Cc1cc(Nc2ncnc3cc(OC)c(OCCCN4CC5OCCOC5C4)cc23)ccc1F. The van der Waals surface area contributed by atoms with E-state index in [0.29, 0.717) is 48.3 Å². The molecule has 2 fully saturated rings. The van der Waals surface area contributed by atoms with Gasteiger partial charge in [0.05, 0.1) is 50.2 Å². The molecule has 2 aliphatic rings. The van der Waals surface area contributed by atoms with Gasteiger partial charge in [-0.3, -0.25) is 4.90 Å². The van der Waals surface area contributed by atoms with Gasteiger partial charge in [-0.25, -0.2) is 14.4 Å². The molecule has 2 aliphatic heterocycles. The molecule has 0 spiro atoms. The Bertz CT molecular complexity index is 1230. The second-order valence-electron chi connectivity index (χ2n) is 8.49. The van der Waals surface area contributed by atoms with Crippen molar-refractivity contribution in [1.29, 1.82) is 0 Å². The third-order valence-corrected chi connectivity index (χ3v) is 6.22. The number of halogens is 1. The predicted octanol–water partition coefficient (Wildman–Crippen LogP) is 3.37. The first-order chi connectivity index (χ1) is 17.1. The zero-order valence-electron chi connectivity index (χ0n) is 19.5. The topological polar surface area (TPSA) is 78.0 Å². The van der Waals surface area contributed by atoms with Crippen LogP contribution in [0.5, 0.6) is 11.5 Å². The fraction of sp³-hybridized carbons (Fsp3) is 0.385. The van der Waals surface area contributed by atoms with E-state index in [1.807, 2.05) is 12.1 Å². The van der Waals surface area contributed by atoms with Gasteiger partial charge in [0.2, 0.25) is 0 Å². The number of methoxy groups -OCH3 is 1. The fourth-order valence-corrected chi connectivity index (χ4v) is 4.48. The Balaban J connectivity index is 1.28. The van der Waals surface area contributed by atoms with E-state index in [1.54, 1.807) is 19.2 Å². The maximum Gasteiger partial charge on any atom is 0.162 e. The molecule has 0 bridgehead atoms. The summed E-state index contributed by atoms with van der Waals surface area (Å²) in [6.07, 6.45) is 8.05. The first kappa shape index (κ1) is 23.3. The predicted molar refractivity (Wildman–Crippen MR) is 130 cm³/mol. The molecule has 2 saturated heterocycles. The highest BCUT2D eigenvalue weighted by Crippen LogP contribution is 2.35. The molecular formula is C26H27FN4O4. The van der Waals surface area contributed by atoms with Gasteiger partial charge in [0.15, 0.2) is 11.5 Å². The first-order valence-electron chi connectivity index (χ1n) is 11.6. The van der Waals surface area contributed by atoms with E-state index < -0.39 is 5.82 Å². The molecular weight excluding hydrogens is 451 g/mol. The third-order valence-electron chi connectivity index (χ3n) is 6.22. The molecule has 3 heterocycles. The zero-order valence-corrected chi connectivity index (χ0v) is 19.5. The van der Waals surface area contributed by atoms with Crippen molar-refractivity contribution in [3.8, 4) is 23.8 Å². The third kappa shape index (κ3) is 5.15. The quantitative estimate of drug-likeness (QED) is 0.390. The number of benzene rings is 2. The number of hydrogen-bond acceptors (Lipinski definition) is 8. The molecule has 2 aromatic carbocycles. The van der Waals surface area contributed by atoms with E-state index in [2.05, 4.69) is 26.1 Å². The average molecular weight is 479 g/mol. The lowest BCUT2D eigenvalue weighted by molar-refractivity contribution is -0.116. The molecule has 0 amide bonds. The van der Waals surface area contributed by atoms with E-state index >= 15 is 0 Å². The summed E-state index contributed by atoms with van der Waals surface area (Å²) in [4.78, 5) is 11.1. The standard InChI is InChI=1S/C26H27FN4O4/c1-3-17-11-18(5-6-20(17)27)30-26-19-12-23(22(32-2)13-21(19)28-16-29-26)33-8-4-7-31-14-24-25(15-31)35-10-9-34-24/h1,5-6,11-13,16,24-25H,4,7-10,14-15H2,2H3,(H,28,29,30). The highest BCUT2D eigenvalue weighted by molar-refractivity contribution is 5.93. The molecule has 0 saturated carbocycles. The Labute approximate surface area is 203 Å². The summed E-state index contributed by atoms with van der Waals surface area (Å²) < 4.78 is 37.0. The number of nitrogens with one attached hydrogen (secondary N) is 1. The van der Waals surface area contributed by atoms with Gasteiger partial charge in [0.25, 0.3) is 0 Å². The van der Waals surface area contributed by atoms with Gasteiger partial charge in [0, 0.05) is 36.8 Å². The van der Waals surface area contributed by atoms with Crippen LogP contribution in [0.1, 0.15) is 12.0 Å². The Morgan fingerprint density at radius 3 is 2.69 bits per heavy atom. The van der Waals surface area contributed by atoms with Crippen LogP contribution in [0.3, 0.4) is 0 Å². The van der Waals surface area contributed by atoms with Crippen LogP contribution in [0.2, 0.25) is 0 Å². The van der Waals surface area contributed by atoms with Crippen LogP contribution in [-0.4, -0.2) is 73.6 Å². The van der Waals surface area contributed by atoms with Crippen molar-refractivity contribution in [2.75, 3.05) is 51.9 Å². The molecule has 35 heavy (non-hydrogen) atoms. The highest BCUT2D eigenvalue weighted by atomic mass is 19.1. The Morgan fingerprint density at radius 1 is 1.14 bits per heavy atom. The number of hydrogen-bond donors (Lipinski definition) is 1. The number of fused-ring (bicyclic) bond motifs is 2. The second kappa shape index (κ2) is 10.4. The summed E-state index contributed by atoms with van der Waals surface area (Å²) in [5.74, 6) is 3.64. The van der Waals surface area contributed by atoms with Gasteiger partial charge in [0.1, 0.15) is 18.0 Å². The maximum atomic E-state index is 13.8. The summed E-state index contributed by atoms with van der Waals surface area (Å²) in [6, 6.07) is 8.17. The molecule has 2 unspecified atom stereocenters. The highest BCUT2D eigenvalue weighted by Gasteiger charge is 2.36. The molecule has 5 rings (SSSR count). The normalized spacial score (nSPS) is 19.8. The van der Waals surface area contributed by atoms with Crippen molar-refractivity contribution in [3.63, 3.8) is 0 Å². The number of anilines is 2. The van der Waals surface area contributed by atoms with Crippen LogP contribution in [0.25, 0.3) is 10.9 Å². The molecule has 3 aromatic rings. The van der Waals surface area contributed by atoms with E-state index in [0.717, 1.165) is 31.4 Å². The molecule has 0 radical (unpaired) electrons. The second-order valence-corrected chi connectivity index (χ2v) is 8.49. The Kier molecular flexibility index (Phi) is 6.95. The maximum absolute atomic E-state index is 13.8. The minimum absolute atomic E-state index is 0.175. The minimum Gasteiger partial charge on any atom is -0.493 e. The number of aromatic nitrogens is 2. The van der Waals surface area contributed by atoms with E-state index in [-0.39, 0.29) is 17.8 Å². The Hall–Kier alpha value is -3.45. The van der Waals surface area contributed by atoms with Crippen molar-refractivity contribution in [3.05, 3.63) is 48.0 Å². The van der Waals surface area contributed by atoms with Gasteiger partial charge in [-0.05, 0) is 30.7 Å². The van der Waals surface area contributed by atoms with Crippen molar-refractivity contribution in [2.45, 2.75) is 18.6 Å². The molecule has 0 aliphatic carbocycles. The van der Waals surface area contributed by atoms with Crippen LogP contribution in [0.4, 0.5) is 15.9 Å². The van der Waals surface area contributed by atoms with Crippen LogP contribution >= 0.6 is 0 Å². The van der Waals surface area contributed by atoms with E-state index in [4.69, 9.17) is 25.4 Å². The molecule has 2 atom stereocenters. The summed E-state index contributed by atoms with van der Waals surface area (Å²) in [6.45, 7) is 4.55. The summed E-state index contributed by atoms with van der Waals surface area (Å²) in [7, 11) is 1.60. The lowest BCUT2D eigenvalue weighted by Crippen LogP contribution is -2.36. The summed E-state index contributed by atoms with van der Waals surface area (Å²) in [5.41, 5.74) is 1.48. The van der Waals surface area contributed by atoms with Crippen LogP contribution in [0, 0.1) is 18.2 Å². The summed E-state index contributed by atoms with van der Waals surface area (Å²) in [5, 5.41) is 3.95. The zero-order chi connectivity index (χ0) is 24.2. The molecule has 1 aromatic heterocycles. The smallest absolute Gasteiger partial charge is 0.162 e. The van der Waals surface area contributed by atoms with Gasteiger partial charge in [-0.2, -0.15) is 0 Å². The molecule has 8 nitrogen and oxygen atoms in total. The lowest BCUT2D eigenvalue weighted by atomic mass is 10.1. The largest absolute Gasteiger partial charge is 0.493 e. The number of nitrogens with zero attached hydrogens (tertiary/aromatic N) is 3. The van der Waals surface area contributed by atoms with E-state index in [1.165, 1.54) is 12.4 Å². The summed E-state index contributed by atoms with van der Waals surface area (Å²) >= 11 is 0. The molecule has 1 N–H and O–H groups in total. The van der Waals surface area contributed by atoms with Crippen molar-refractivity contribution < 1.29 is 23.3 Å². The van der Waals surface area contributed by atoms with Gasteiger partial charge >= 0.3 is 0 Å². The van der Waals surface area contributed by atoms with Crippen LogP contribution in [0.15, 0.2) is 36.7 Å². The van der Waals surface area contributed by atoms with Crippen molar-refractivity contribution in [2.24, 2.45) is 0 Å². The Morgan fingerprint density at radius 2 is 1.94 bits per heavy atom. The van der Waals surface area contributed by atoms with Crippen molar-refractivity contribution in [1.82, 2.24) is 14.9 Å². The number of likely N-dealkylation sites (tertiary alicyclic amines) is 1. The lowest BCUT2D eigenvalue weighted by Gasteiger charge is -2.24.